The molecule has 0 radical (unpaired) electrons. The molecule has 1 fully saturated rings. The fraction of sp³-hybridized carbons (Fsp3) is 0.667. The third-order valence-electron chi connectivity index (χ3n) is 1.74. The summed E-state index contributed by atoms with van der Waals surface area (Å²) in [7, 11) is -4.05. The van der Waals surface area contributed by atoms with Crippen LogP contribution in [0, 0.1) is 5.92 Å². The Bertz CT molecular complexity index is 219. The highest BCUT2D eigenvalue weighted by Crippen LogP contribution is 2.44. The maximum atomic E-state index is 10.4. The standard InChI is InChI=1S/C6H11O4P/c1-4-2-5(4)6(7)3-11(8,9)10/h5-7H,1-3H2,(H2,8,9,10)/t5-,6-/m1/s1. The van der Waals surface area contributed by atoms with Crippen molar-refractivity contribution in [2.45, 2.75) is 12.5 Å². The van der Waals surface area contributed by atoms with Gasteiger partial charge in [-0.2, -0.15) is 0 Å². The lowest BCUT2D eigenvalue weighted by Gasteiger charge is -2.08. The van der Waals surface area contributed by atoms with Crippen LogP contribution < -0.4 is 0 Å². The minimum Gasteiger partial charge on any atom is -0.392 e. The molecule has 0 aromatic carbocycles. The molecule has 0 spiro atoms. The highest BCUT2D eigenvalue weighted by atomic mass is 31.2. The predicted molar refractivity (Wildman–Crippen MR) is 40.2 cm³/mol. The first-order chi connectivity index (χ1) is 4.90. The van der Waals surface area contributed by atoms with Crippen molar-refractivity contribution in [3.8, 4) is 0 Å². The fourth-order valence-electron chi connectivity index (χ4n) is 1.00. The van der Waals surface area contributed by atoms with E-state index in [2.05, 4.69) is 6.58 Å². The van der Waals surface area contributed by atoms with E-state index in [-0.39, 0.29) is 5.92 Å². The summed E-state index contributed by atoms with van der Waals surface area (Å²) >= 11 is 0. The predicted octanol–water partition coefficient (Wildman–Crippen LogP) is 0.101. The van der Waals surface area contributed by atoms with Crippen molar-refractivity contribution in [2.75, 3.05) is 6.16 Å². The summed E-state index contributed by atoms with van der Waals surface area (Å²) in [5, 5.41) is 9.14. The summed E-state index contributed by atoms with van der Waals surface area (Å²) in [6.45, 7) is 3.59. The van der Waals surface area contributed by atoms with E-state index in [9.17, 15) is 4.57 Å². The van der Waals surface area contributed by atoms with Crippen molar-refractivity contribution in [3.05, 3.63) is 12.2 Å². The quantitative estimate of drug-likeness (QED) is 0.423. The molecule has 1 rings (SSSR count). The first-order valence-electron chi connectivity index (χ1n) is 3.30. The number of hydrogen-bond acceptors (Lipinski definition) is 2. The summed E-state index contributed by atoms with van der Waals surface area (Å²) in [4.78, 5) is 16.9. The Hall–Kier alpha value is -0.150. The first-order valence-corrected chi connectivity index (χ1v) is 5.10. The summed E-state index contributed by atoms with van der Waals surface area (Å²) in [5.74, 6) is -0.0809. The molecule has 3 N–H and O–H groups in total. The minimum atomic E-state index is -4.05. The average molecular weight is 178 g/mol. The Morgan fingerprint density at radius 2 is 2.18 bits per heavy atom. The van der Waals surface area contributed by atoms with E-state index in [0.717, 1.165) is 5.57 Å². The molecule has 0 bridgehead atoms. The number of hydrogen-bond donors (Lipinski definition) is 3. The smallest absolute Gasteiger partial charge is 0.328 e. The molecule has 1 saturated carbocycles. The summed E-state index contributed by atoms with van der Waals surface area (Å²) < 4.78 is 10.4. The SMILES string of the molecule is C=C1C[C@H]1[C@H](O)CP(=O)(O)O. The van der Waals surface area contributed by atoms with Crippen LogP contribution in [0.3, 0.4) is 0 Å². The second-order valence-corrected chi connectivity index (χ2v) is 4.58. The molecule has 0 aromatic rings. The van der Waals surface area contributed by atoms with Gasteiger partial charge in [-0.05, 0) is 6.42 Å². The number of aliphatic hydroxyl groups is 1. The normalized spacial score (nSPS) is 26.8. The Kier molecular flexibility index (Phi) is 2.21. The van der Waals surface area contributed by atoms with Gasteiger partial charge in [0.05, 0.1) is 12.3 Å². The van der Waals surface area contributed by atoms with Gasteiger partial charge in [0.25, 0.3) is 0 Å². The van der Waals surface area contributed by atoms with Gasteiger partial charge in [0.2, 0.25) is 0 Å². The highest BCUT2D eigenvalue weighted by Gasteiger charge is 2.37. The van der Waals surface area contributed by atoms with Crippen LogP contribution in [0.25, 0.3) is 0 Å². The van der Waals surface area contributed by atoms with Gasteiger partial charge in [0, 0.05) is 5.92 Å². The second kappa shape index (κ2) is 2.72. The van der Waals surface area contributed by atoms with Gasteiger partial charge in [-0.1, -0.05) is 12.2 Å². The maximum absolute atomic E-state index is 10.4. The van der Waals surface area contributed by atoms with E-state index in [1.165, 1.54) is 0 Å². The van der Waals surface area contributed by atoms with Gasteiger partial charge in [0.15, 0.2) is 0 Å². The van der Waals surface area contributed by atoms with Crippen LogP contribution in [-0.4, -0.2) is 27.2 Å². The van der Waals surface area contributed by atoms with Crippen molar-refractivity contribution in [3.63, 3.8) is 0 Å². The van der Waals surface area contributed by atoms with E-state index in [1.807, 2.05) is 0 Å². The molecular weight excluding hydrogens is 167 g/mol. The van der Waals surface area contributed by atoms with Crippen molar-refractivity contribution < 1.29 is 19.5 Å². The largest absolute Gasteiger partial charge is 0.392 e. The topological polar surface area (TPSA) is 77.8 Å². The molecule has 5 heteroatoms. The molecule has 64 valence electrons. The molecule has 0 aliphatic heterocycles. The van der Waals surface area contributed by atoms with Crippen molar-refractivity contribution in [2.24, 2.45) is 5.92 Å². The Morgan fingerprint density at radius 1 is 1.73 bits per heavy atom. The molecule has 1 aliphatic rings. The van der Waals surface area contributed by atoms with Crippen LogP contribution in [0.2, 0.25) is 0 Å². The molecule has 1 aliphatic carbocycles. The van der Waals surface area contributed by atoms with Gasteiger partial charge in [-0.15, -0.1) is 0 Å². The average Bonchev–Trinajstić information content (AvgIpc) is 2.41. The lowest BCUT2D eigenvalue weighted by atomic mass is 10.2. The van der Waals surface area contributed by atoms with Crippen molar-refractivity contribution >= 4 is 7.60 Å². The molecule has 0 amide bonds. The zero-order valence-electron chi connectivity index (χ0n) is 5.97. The third-order valence-corrected chi connectivity index (χ3v) is 2.59. The minimum absolute atomic E-state index is 0.0809. The third kappa shape index (κ3) is 2.75. The van der Waals surface area contributed by atoms with Crippen LogP contribution in [0.15, 0.2) is 12.2 Å². The van der Waals surface area contributed by atoms with Crippen molar-refractivity contribution in [1.29, 1.82) is 0 Å². The maximum Gasteiger partial charge on any atom is 0.328 e. The van der Waals surface area contributed by atoms with Crippen LogP contribution in [0.5, 0.6) is 0 Å². The molecule has 0 aromatic heterocycles. The van der Waals surface area contributed by atoms with Crippen LogP contribution in [0.1, 0.15) is 6.42 Å². The van der Waals surface area contributed by atoms with Gasteiger partial charge in [-0.3, -0.25) is 4.57 Å². The van der Waals surface area contributed by atoms with E-state index >= 15 is 0 Å². The lowest BCUT2D eigenvalue weighted by molar-refractivity contribution is 0.171. The molecule has 0 unspecified atom stereocenters. The van der Waals surface area contributed by atoms with Crippen LogP contribution in [-0.2, 0) is 4.57 Å². The van der Waals surface area contributed by atoms with Gasteiger partial charge in [0.1, 0.15) is 0 Å². The Labute approximate surface area is 64.7 Å². The fourth-order valence-corrected chi connectivity index (χ4v) is 1.74. The number of rotatable bonds is 3. The monoisotopic (exact) mass is 178 g/mol. The summed E-state index contributed by atoms with van der Waals surface area (Å²) in [6, 6.07) is 0. The van der Waals surface area contributed by atoms with Gasteiger partial charge >= 0.3 is 7.60 Å². The zero-order valence-corrected chi connectivity index (χ0v) is 6.87. The van der Waals surface area contributed by atoms with Gasteiger partial charge in [-0.25, -0.2) is 0 Å². The molecule has 0 heterocycles. The molecule has 4 nitrogen and oxygen atoms in total. The first kappa shape index (κ1) is 8.94. The van der Waals surface area contributed by atoms with E-state index in [0.29, 0.717) is 6.42 Å². The van der Waals surface area contributed by atoms with Crippen LogP contribution in [0.4, 0.5) is 0 Å². The molecule has 11 heavy (non-hydrogen) atoms. The lowest BCUT2D eigenvalue weighted by Crippen LogP contribution is -2.14. The summed E-state index contributed by atoms with van der Waals surface area (Å²) in [5.41, 5.74) is 0.881. The molecule has 2 atom stereocenters. The van der Waals surface area contributed by atoms with Gasteiger partial charge < -0.3 is 14.9 Å². The summed E-state index contributed by atoms with van der Waals surface area (Å²) in [6.07, 6.45) is -0.666. The Morgan fingerprint density at radius 3 is 2.45 bits per heavy atom. The molecule has 0 saturated heterocycles. The molecular formula is C6H11O4P. The van der Waals surface area contributed by atoms with E-state index in [4.69, 9.17) is 14.9 Å². The Balaban J connectivity index is 2.38. The zero-order chi connectivity index (χ0) is 8.65. The van der Waals surface area contributed by atoms with E-state index < -0.39 is 19.9 Å². The van der Waals surface area contributed by atoms with E-state index in [1.54, 1.807) is 0 Å². The second-order valence-electron chi connectivity index (χ2n) is 2.88. The number of aliphatic hydroxyl groups excluding tert-OH is 1. The van der Waals surface area contributed by atoms with Crippen molar-refractivity contribution in [1.82, 2.24) is 0 Å². The van der Waals surface area contributed by atoms with Crippen LogP contribution >= 0.6 is 7.60 Å². The highest BCUT2D eigenvalue weighted by molar-refractivity contribution is 7.51.